The van der Waals surface area contributed by atoms with Crippen LogP contribution in [0.5, 0.6) is 5.75 Å². The van der Waals surface area contributed by atoms with Crippen molar-refractivity contribution in [3.8, 4) is 17.0 Å². The number of halogens is 1. The quantitative estimate of drug-likeness (QED) is 0.947. The van der Waals surface area contributed by atoms with Crippen LogP contribution < -0.4 is 10.1 Å². The van der Waals surface area contributed by atoms with Crippen molar-refractivity contribution in [3.05, 3.63) is 35.8 Å². The van der Waals surface area contributed by atoms with Gasteiger partial charge in [0.15, 0.2) is 0 Å². The fourth-order valence-corrected chi connectivity index (χ4v) is 3.61. The molecule has 2 aromatic rings. The van der Waals surface area contributed by atoms with Crippen molar-refractivity contribution >= 4 is 5.91 Å². The molecule has 0 atom stereocenters. The molecule has 4 rings (SSSR count). The summed E-state index contributed by atoms with van der Waals surface area (Å²) in [5, 5.41) is 2.64. The number of hydrogen-bond donors (Lipinski definition) is 1. The number of nitrogens with one attached hydrogen (secondary N) is 1. The Morgan fingerprint density at radius 1 is 1.52 bits per heavy atom. The van der Waals surface area contributed by atoms with Gasteiger partial charge in [-0.25, -0.2) is 4.39 Å². The number of aromatic nitrogens is 2. The first-order valence-electron chi connectivity index (χ1n) is 7.85. The second-order valence-corrected chi connectivity index (χ2v) is 6.03. The molecular weight excluding hydrogens is 297 g/mol. The van der Waals surface area contributed by atoms with Gasteiger partial charge < -0.3 is 14.6 Å². The van der Waals surface area contributed by atoms with Gasteiger partial charge in [0.2, 0.25) is 0 Å². The molecule has 1 amide bonds. The molecule has 0 saturated heterocycles. The number of rotatable bonds is 3. The first-order valence-corrected chi connectivity index (χ1v) is 7.85. The third kappa shape index (κ3) is 1.90. The molecule has 1 aliphatic heterocycles. The molecule has 3 heterocycles. The summed E-state index contributed by atoms with van der Waals surface area (Å²) in [5.74, 6) is 0.499. The minimum atomic E-state index is -0.528. The Hall–Kier alpha value is -2.37. The van der Waals surface area contributed by atoms with Crippen molar-refractivity contribution in [3.63, 3.8) is 0 Å². The number of fused-ring (bicyclic) bond motifs is 4. The van der Waals surface area contributed by atoms with Gasteiger partial charge >= 0.3 is 0 Å². The molecule has 0 radical (unpaired) electrons. The van der Waals surface area contributed by atoms with Crippen molar-refractivity contribution < 1.29 is 13.9 Å². The van der Waals surface area contributed by atoms with E-state index in [2.05, 4.69) is 10.3 Å². The molecule has 1 aliphatic carbocycles. The van der Waals surface area contributed by atoms with Crippen LogP contribution in [0.3, 0.4) is 0 Å². The summed E-state index contributed by atoms with van der Waals surface area (Å²) in [6.07, 6.45) is 6.28. The Kier molecular flexibility index (Phi) is 3.14. The van der Waals surface area contributed by atoms with E-state index in [9.17, 15) is 9.18 Å². The number of carbonyl (C=O) groups is 1. The van der Waals surface area contributed by atoms with Crippen LogP contribution >= 0.6 is 0 Å². The highest BCUT2D eigenvalue weighted by Crippen LogP contribution is 2.54. The summed E-state index contributed by atoms with van der Waals surface area (Å²) in [7, 11) is 1.58. The number of carbonyl (C=O) groups excluding carboxylic acids is 1. The molecule has 1 spiro atoms. The van der Waals surface area contributed by atoms with Crippen molar-refractivity contribution in [2.75, 3.05) is 13.7 Å². The van der Waals surface area contributed by atoms with E-state index in [1.807, 2.05) is 12.1 Å². The van der Waals surface area contributed by atoms with E-state index < -0.39 is 12.3 Å². The maximum atomic E-state index is 13.1. The fraction of sp³-hybridized carbons (Fsp3) is 0.412. The Morgan fingerprint density at radius 3 is 3.00 bits per heavy atom. The van der Waals surface area contributed by atoms with Crippen molar-refractivity contribution in [2.45, 2.75) is 31.4 Å². The molecule has 1 fully saturated rings. The zero-order valence-electron chi connectivity index (χ0n) is 12.9. The normalized spacial score (nSPS) is 17.0. The predicted octanol–water partition coefficient (Wildman–Crippen LogP) is 2.65. The third-order valence-electron chi connectivity index (χ3n) is 4.86. The Morgan fingerprint density at radius 2 is 2.35 bits per heavy atom. The zero-order chi connectivity index (χ0) is 16.0. The van der Waals surface area contributed by atoms with Crippen LogP contribution in [0.4, 0.5) is 4.39 Å². The van der Waals surface area contributed by atoms with E-state index >= 15 is 0 Å². The van der Waals surface area contributed by atoms with E-state index in [0.29, 0.717) is 11.4 Å². The molecule has 2 aliphatic rings. The van der Waals surface area contributed by atoms with Crippen LogP contribution in [-0.4, -0.2) is 29.2 Å². The number of ether oxygens (including phenoxy) is 1. The molecule has 0 bridgehead atoms. The summed E-state index contributed by atoms with van der Waals surface area (Å²) < 4.78 is 21.2. The minimum Gasteiger partial charge on any atom is -0.480 e. The summed E-state index contributed by atoms with van der Waals surface area (Å²) in [6, 6.07) is 3.73. The number of amides is 1. The average Bonchev–Trinajstić information content (AvgIpc) is 2.92. The molecule has 5 nitrogen and oxygen atoms in total. The first kappa shape index (κ1) is 14.2. The third-order valence-corrected chi connectivity index (χ3v) is 4.86. The number of hydrogen-bond acceptors (Lipinski definition) is 3. The van der Waals surface area contributed by atoms with Crippen molar-refractivity contribution in [1.29, 1.82) is 0 Å². The van der Waals surface area contributed by atoms with Gasteiger partial charge in [-0.3, -0.25) is 9.78 Å². The van der Waals surface area contributed by atoms with Gasteiger partial charge in [-0.2, -0.15) is 0 Å². The number of alkyl halides is 1. The van der Waals surface area contributed by atoms with Crippen LogP contribution in [0.2, 0.25) is 0 Å². The molecule has 120 valence electrons. The number of nitrogens with zero attached hydrogens (tertiary/aromatic N) is 2. The lowest BCUT2D eigenvalue weighted by atomic mass is 9.73. The Bertz CT molecular complexity index is 780. The van der Waals surface area contributed by atoms with Gasteiger partial charge in [0.25, 0.3) is 5.91 Å². The largest absolute Gasteiger partial charge is 0.480 e. The monoisotopic (exact) mass is 315 g/mol. The smallest absolute Gasteiger partial charge is 0.267 e. The molecule has 0 aromatic carbocycles. The Balaban J connectivity index is 2.00. The lowest BCUT2D eigenvalue weighted by molar-refractivity contribution is -0.0148. The van der Waals surface area contributed by atoms with Gasteiger partial charge in [-0.05, 0) is 31.4 Å². The van der Waals surface area contributed by atoms with E-state index in [1.165, 1.54) is 0 Å². The summed E-state index contributed by atoms with van der Waals surface area (Å²) in [5.41, 5.74) is 2.85. The summed E-state index contributed by atoms with van der Waals surface area (Å²) in [4.78, 5) is 16.4. The standard InChI is InChI=1S/C17H18FN3O2/c1-19-16(22)13-9-12-15(21(13)8-6-18)11-3-7-20-10-14(11)23-17(12)4-2-5-17/h3,7,9-10H,2,4-6,8H2,1H3,(H,19,22). The average molecular weight is 315 g/mol. The topological polar surface area (TPSA) is 56.2 Å². The van der Waals surface area contributed by atoms with Gasteiger partial charge in [0, 0.05) is 24.4 Å². The molecule has 23 heavy (non-hydrogen) atoms. The van der Waals surface area contributed by atoms with Crippen LogP contribution in [-0.2, 0) is 12.1 Å². The summed E-state index contributed by atoms with van der Waals surface area (Å²) >= 11 is 0. The van der Waals surface area contributed by atoms with Crippen LogP contribution in [0.25, 0.3) is 11.3 Å². The second-order valence-electron chi connectivity index (χ2n) is 6.03. The maximum Gasteiger partial charge on any atom is 0.267 e. The molecule has 2 aromatic heterocycles. The minimum absolute atomic E-state index is 0.149. The van der Waals surface area contributed by atoms with E-state index in [4.69, 9.17) is 4.74 Å². The lowest BCUT2D eigenvalue weighted by Crippen LogP contribution is -2.42. The second kappa shape index (κ2) is 5.08. The van der Waals surface area contributed by atoms with Gasteiger partial charge in [0.05, 0.1) is 18.4 Å². The van der Waals surface area contributed by atoms with Crippen molar-refractivity contribution in [2.24, 2.45) is 0 Å². The van der Waals surface area contributed by atoms with Gasteiger partial charge in [0.1, 0.15) is 23.7 Å². The summed E-state index contributed by atoms with van der Waals surface area (Å²) in [6.45, 7) is -0.380. The highest BCUT2D eigenvalue weighted by molar-refractivity contribution is 5.95. The zero-order valence-corrected chi connectivity index (χ0v) is 12.9. The van der Waals surface area contributed by atoms with E-state index in [1.54, 1.807) is 24.0 Å². The number of pyridine rings is 1. The van der Waals surface area contributed by atoms with E-state index in [0.717, 1.165) is 36.1 Å². The Labute approximate surface area is 133 Å². The van der Waals surface area contributed by atoms with Crippen LogP contribution in [0.1, 0.15) is 35.3 Å². The molecule has 0 unspecified atom stereocenters. The fourth-order valence-electron chi connectivity index (χ4n) is 3.61. The highest BCUT2D eigenvalue weighted by Gasteiger charge is 2.48. The van der Waals surface area contributed by atoms with Gasteiger partial charge in [-0.15, -0.1) is 0 Å². The molecule has 1 saturated carbocycles. The van der Waals surface area contributed by atoms with Crippen molar-refractivity contribution in [1.82, 2.24) is 14.9 Å². The predicted molar refractivity (Wildman–Crippen MR) is 83.2 cm³/mol. The first-order chi connectivity index (χ1) is 11.2. The van der Waals surface area contributed by atoms with Crippen LogP contribution in [0, 0.1) is 0 Å². The molecule has 6 heteroatoms. The maximum absolute atomic E-state index is 13.1. The SMILES string of the molecule is CNC(=O)c1cc2c(n1CCF)-c1ccncc1OC21CCC1. The molecular formula is C17H18FN3O2. The lowest BCUT2D eigenvalue weighted by Gasteiger charge is -2.45. The van der Waals surface area contributed by atoms with Gasteiger partial charge in [-0.1, -0.05) is 0 Å². The highest BCUT2D eigenvalue weighted by atomic mass is 19.1. The van der Waals surface area contributed by atoms with E-state index in [-0.39, 0.29) is 12.5 Å². The molecule has 1 N–H and O–H groups in total. The van der Waals surface area contributed by atoms with Crippen LogP contribution in [0.15, 0.2) is 24.5 Å².